The number of carbonyl (C=O) groups is 1. The molecule has 4 aromatic rings. The highest BCUT2D eigenvalue weighted by Crippen LogP contribution is 2.32. The molecule has 1 aliphatic heterocycles. The van der Waals surface area contributed by atoms with Gasteiger partial charge in [-0.1, -0.05) is 12.1 Å². The van der Waals surface area contributed by atoms with Gasteiger partial charge in [0.1, 0.15) is 11.4 Å². The van der Waals surface area contributed by atoms with Crippen LogP contribution in [0.25, 0.3) is 16.7 Å². The zero-order valence-corrected chi connectivity index (χ0v) is 14.2. The highest BCUT2D eigenvalue weighted by Gasteiger charge is 2.32. The number of benzene rings is 1. The molecule has 0 aliphatic carbocycles. The summed E-state index contributed by atoms with van der Waals surface area (Å²) in [6.07, 6.45) is 8.06. The number of carbonyl (C=O) groups excluding carboxylic acids is 1. The van der Waals surface area contributed by atoms with Gasteiger partial charge in [-0.25, -0.2) is 14.5 Å². The van der Waals surface area contributed by atoms with E-state index in [1.54, 1.807) is 29.2 Å². The summed E-state index contributed by atoms with van der Waals surface area (Å²) in [6.45, 7) is 0.713. The van der Waals surface area contributed by atoms with Crippen molar-refractivity contribution in [2.45, 2.75) is 25.3 Å². The molecule has 26 heavy (non-hydrogen) atoms. The summed E-state index contributed by atoms with van der Waals surface area (Å²) in [5.41, 5.74) is 3.05. The molecule has 0 radical (unpaired) electrons. The normalized spacial score (nSPS) is 17.8. The third kappa shape index (κ3) is 2.35. The summed E-state index contributed by atoms with van der Waals surface area (Å²) in [6, 6.07) is 9.70. The Morgan fingerprint density at radius 3 is 3.04 bits per heavy atom. The first kappa shape index (κ1) is 15.1. The maximum atomic E-state index is 13.3. The molecule has 1 fully saturated rings. The molecular weight excluding hydrogens is 328 g/mol. The van der Waals surface area contributed by atoms with Crippen LogP contribution in [0, 0.1) is 0 Å². The Balaban J connectivity index is 1.54. The van der Waals surface area contributed by atoms with Gasteiger partial charge in [0.2, 0.25) is 0 Å². The Morgan fingerprint density at radius 2 is 2.12 bits per heavy atom. The van der Waals surface area contributed by atoms with E-state index in [9.17, 15) is 4.79 Å². The molecule has 1 saturated heterocycles. The lowest BCUT2D eigenvalue weighted by molar-refractivity contribution is 0.0603. The number of nitrogens with one attached hydrogen (secondary N) is 1. The number of amides is 1. The van der Waals surface area contributed by atoms with E-state index in [4.69, 9.17) is 4.98 Å². The van der Waals surface area contributed by atoms with Crippen molar-refractivity contribution in [2.75, 3.05) is 6.54 Å². The molecule has 3 aromatic heterocycles. The molecule has 1 aromatic carbocycles. The van der Waals surface area contributed by atoms with Gasteiger partial charge in [-0.3, -0.25) is 4.79 Å². The first-order valence-corrected chi connectivity index (χ1v) is 8.85. The Bertz CT molecular complexity index is 1060. The van der Waals surface area contributed by atoms with Crippen LogP contribution in [-0.4, -0.2) is 41.9 Å². The Morgan fingerprint density at radius 1 is 1.19 bits per heavy atom. The molecule has 4 heterocycles. The molecule has 0 spiro atoms. The van der Waals surface area contributed by atoms with Crippen LogP contribution in [-0.2, 0) is 0 Å². The van der Waals surface area contributed by atoms with Gasteiger partial charge in [-0.2, -0.15) is 5.10 Å². The van der Waals surface area contributed by atoms with Crippen molar-refractivity contribution in [3.05, 3.63) is 60.3 Å². The van der Waals surface area contributed by atoms with E-state index in [0.717, 1.165) is 36.1 Å². The number of fused-ring (bicyclic) bond motifs is 2. The van der Waals surface area contributed by atoms with Crippen molar-refractivity contribution in [1.29, 1.82) is 0 Å². The maximum Gasteiger partial charge on any atom is 0.259 e. The molecule has 1 aliphatic rings. The van der Waals surface area contributed by atoms with Crippen molar-refractivity contribution in [3.8, 4) is 0 Å². The number of hydrogen-bond donors (Lipinski definition) is 1. The van der Waals surface area contributed by atoms with Gasteiger partial charge >= 0.3 is 0 Å². The van der Waals surface area contributed by atoms with Crippen LogP contribution < -0.4 is 0 Å². The number of piperidine rings is 1. The summed E-state index contributed by atoms with van der Waals surface area (Å²) in [4.78, 5) is 27.6. The number of aromatic nitrogens is 5. The first-order valence-electron chi connectivity index (χ1n) is 8.85. The third-order valence-corrected chi connectivity index (χ3v) is 5.00. The average Bonchev–Trinajstić information content (AvgIpc) is 3.31. The van der Waals surface area contributed by atoms with Gasteiger partial charge in [0.25, 0.3) is 5.91 Å². The van der Waals surface area contributed by atoms with Gasteiger partial charge in [0.05, 0.1) is 23.3 Å². The quantitative estimate of drug-likeness (QED) is 0.605. The van der Waals surface area contributed by atoms with Crippen molar-refractivity contribution < 1.29 is 4.79 Å². The predicted molar refractivity (Wildman–Crippen MR) is 96.7 cm³/mol. The maximum absolute atomic E-state index is 13.3. The van der Waals surface area contributed by atoms with Crippen LogP contribution in [0.3, 0.4) is 0 Å². The van der Waals surface area contributed by atoms with Crippen LogP contribution in [0.4, 0.5) is 0 Å². The van der Waals surface area contributed by atoms with Gasteiger partial charge < -0.3 is 9.88 Å². The fraction of sp³-hybridized carbons (Fsp3) is 0.263. The van der Waals surface area contributed by atoms with Crippen molar-refractivity contribution in [1.82, 2.24) is 29.5 Å². The van der Waals surface area contributed by atoms with Crippen molar-refractivity contribution >= 4 is 22.6 Å². The molecule has 0 saturated carbocycles. The molecule has 5 rings (SSSR count). The minimum Gasteiger partial charge on any atom is -0.340 e. The molecule has 7 nitrogen and oxygen atoms in total. The molecule has 1 N–H and O–H groups in total. The second-order valence-electron chi connectivity index (χ2n) is 6.60. The number of rotatable bonds is 2. The van der Waals surface area contributed by atoms with Gasteiger partial charge in [-0.05, 0) is 37.5 Å². The van der Waals surface area contributed by atoms with Crippen LogP contribution in [0.2, 0.25) is 0 Å². The standard InChI is InChI=1S/C19H18N6O/c26-19(13-12-21-25-11-5-9-20-18(13)25)24-10-4-3-8-16(24)17-22-14-6-1-2-7-15(14)23-17/h1-2,5-7,9,11-12,16H,3-4,8,10H2,(H,22,23)/t16-/m0/s1. The van der Waals surface area contributed by atoms with Gasteiger partial charge in [0, 0.05) is 18.9 Å². The highest BCUT2D eigenvalue weighted by atomic mass is 16.2. The van der Waals surface area contributed by atoms with Crippen molar-refractivity contribution in [3.63, 3.8) is 0 Å². The number of imidazole rings is 1. The number of likely N-dealkylation sites (tertiary alicyclic amines) is 1. The number of H-pyrrole nitrogens is 1. The second kappa shape index (κ2) is 5.94. The fourth-order valence-electron chi connectivity index (χ4n) is 3.72. The lowest BCUT2D eigenvalue weighted by Gasteiger charge is -2.34. The smallest absolute Gasteiger partial charge is 0.259 e. The number of para-hydroxylation sites is 2. The molecule has 130 valence electrons. The van der Waals surface area contributed by atoms with E-state index in [1.165, 1.54) is 0 Å². The predicted octanol–water partition coefficient (Wildman–Crippen LogP) is 2.97. The summed E-state index contributed by atoms with van der Waals surface area (Å²) >= 11 is 0. The Kier molecular flexibility index (Phi) is 3.44. The first-order chi connectivity index (χ1) is 12.8. The van der Waals surface area contributed by atoms with Gasteiger partial charge in [-0.15, -0.1) is 0 Å². The zero-order chi connectivity index (χ0) is 17.5. The highest BCUT2D eigenvalue weighted by molar-refractivity contribution is 5.99. The van der Waals surface area contributed by atoms with E-state index in [1.807, 2.05) is 29.2 Å². The summed E-state index contributed by atoms with van der Waals surface area (Å²) < 4.78 is 1.63. The van der Waals surface area contributed by atoms with E-state index in [-0.39, 0.29) is 11.9 Å². The van der Waals surface area contributed by atoms with Crippen LogP contribution in [0.5, 0.6) is 0 Å². The van der Waals surface area contributed by atoms with Crippen LogP contribution in [0.1, 0.15) is 41.5 Å². The zero-order valence-electron chi connectivity index (χ0n) is 14.2. The van der Waals surface area contributed by atoms with E-state index in [2.05, 4.69) is 15.1 Å². The largest absolute Gasteiger partial charge is 0.340 e. The SMILES string of the molecule is O=C(c1cnn2cccnc12)N1CCCC[C@H]1c1nc2ccccc2[nH]1. The number of aromatic amines is 1. The molecule has 1 amide bonds. The van der Waals surface area contributed by atoms with Crippen molar-refractivity contribution in [2.24, 2.45) is 0 Å². The van der Waals surface area contributed by atoms with E-state index in [0.29, 0.717) is 17.8 Å². The number of hydrogen-bond acceptors (Lipinski definition) is 4. The molecule has 7 heteroatoms. The third-order valence-electron chi connectivity index (χ3n) is 5.00. The summed E-state index contributed by atoms with van der Waals surface area (Å²) in [7, 11) is 0. The topological polar surface area (TPSA) is 79.2 Å². The van der Waals surface area contributed by atoms with Gasteiger partial charge in [0.15, 0.2) is 5.65 Å². The Hall–Kier alpha value is -3.22. The minimum absolute atomic E-state index is 0.0381. The lowest BCUT2D eigenvalue weighted by Crippen LogP contribution is -2.39. The average molecular weight is 346 g/mol. The lowest BCUT2D eigenvalue weighted by atomic mass is 10.0. The molecule has 0 unspecified atom stereocenters. The Labute approximate surface area is 149 Å². The molecule has 1 atom stereocenters. The summed E-state index contributed by atoms with van der Waals surface area (Å²) in [5.74, 6) is 0.813. The second-order valence-corrected chi connectivity index (χ2v) is 6.60. The van der Waals surface area contributed by atoms with Crippen LogP contribution >= 0.6 is 0 Å². The number of nitrogens with zero attached hydrogens (tertiary/aromatic N) is 5. The fourth-order valence-corrected chi connectivity index (χ4v) is 3.72. The minimum atomic E-state index is -0.0534. The monoisotopic (exact) mass is 346 g/mol. The van der Waals surface area contributed by atoms with E-state index < -0.39 is 0 Å². The molecular formula is C19H18N6O. The molecule has 0 bridgehead atoms. The van der Waals surface area contributed by atoms with E-state index >= 15 is 0 Å². The summed E-state index contributed by atoms with van der Waals surface area (Å²) in [5, 5.41) is 4.25. The van der Waals surface area contributed by atoms with Crippen LogP contribution in [0.15, 0.2) is 48.9 Å².